The summed E-state index contributed by atoms with van der Waals surface area (Å²) in [6, 6.07) is 3.60. The van der Waals surface area contributed by atoms with E-state index in [1.807, 2.05) is 34.6 Å². The van der Waals surface area contributed by atoms with E-state index < -0.39 is 5.60 Å². The number of benzene rings is 1. The first-order chi connectivity index (χ1) is 12.5. The van der Waals surface area contributed by atoms with Crippen LogP contribution in [0.4, 0.5) is 0 Å². The van der Waals surface area contributed by atoms with Gasteiger partial charge in [-0.15, -0.1) is 6.58 Å². The van der Waals surface area contributed by atoms with Crippen LogP contribution in [0.1, 0.15) is 94.6 Å². The van der Waals surface area contributed by atoms with Crippen molar-refractivity contribution in [3.63, 3.8) is 0 Å². The van der Waals surface area contributed by atoms with E-state index in [-0.39, 0.29) is 24.2 Å². The molecule has 1 aromatic rings. The average molecular weight is 373 g/mol. The molecule has 0 saturated carbocycles. The molecule has 0 saturated heterocycles. The highest BCUT2D eigenvalue weighted by Crippen LogP contribution is 2.35. The Bertz CT molecular complexity index is 665. The third kappa shape index (κ3) is 6.66. The van der Waals surface area contributed by atoms with Gasteiger partial charge < -0.3 is 9.84 Å². The summed E-state index contributed by atoms with van der Waals surface area (Å²) in [6.07, 6.45) is 5.60. The molecule has 3 heteroatoms. The number of rotatable bonds is 10. The molecule has 0 amide bonds. The molecule has 0 radical (unpaired) electrons. The van der Waals surface area contributed by atoms with Gasteiger partial charge in [-0.25, -0.2) is 0 Å². The minimum Gasteiger partial charge on any atom is -0.507 e. The topological polar surface area (TPSA) is 46.5 Å². The highest BCUT2D eigenvalue weighted by Gasteiger charge is 2.23. The Morgan fingerprint density at radius 2 is 1.70 bits per heavy atom. The Balaban J connectivity index is 2.99. The predicted molar refractivity (Wildman–Crippen MR) is 114 cm³/mol. The summed E-state index contributed by atoms with van der Waals surface area (Å²) in [5.41, 5.74) is 2.93. The summed E-state index contributed by atoms with van der Waals surface area (Å²) in [6.45, 7) is 18.0. The second-order valence-corrected chi connectivity index (χ2v) is 8.36. The Morgan fingerprint density at radius 3 is 2.11 bits per heavy atom. The first kappa shape index (κ1) is 23.2. The summed E-state index contributed by atoms with van der Waals surface area (Å²) < 4.78 is 5.95. The normalized spacial score (nSPS) is 13.5. The molecule has 27 heavy (non-hydrogen) atoms. The smallest absolute Gasteiger partial charge is 0.188 e. The van der Waals surface area contributed by atoms with Crippen LogP contribution in [-0.4, -0.2) is 23.1 Å². The first-order valence-corrected chi connectivity index (χ1v) is 9.81. The van der Waals surface area contributed by atoms with E-state index in [9.17, 15) is 9.90 Å². The van der Waals surface area contributed by atoms with Gasteiger partial charge in [-0.3, -0.25) is 4.79 Å². The molecule has 1 atom stereocenters. The molecule has 1 N–H and O–H groups in total. The zero-order valence-electron chi connectivity index (χ0n) is 18.1. The third-order valence-corrected chi connectivity index (χ3v) is 4.89. The number of Topliss-reactive ketones (excluding diaryl/α,β-unsaturated/α-hetero) is 1. The number of aromatic hydroxyl groups is 1. The third-order valence-electron chi connectivity index (χ3n) is 4.89. The van der Waals surface area contributed by atoms with Crippen molar-refractivity contribution in [1.82, 2.24) is 0 Å². The van der Waals surface area contributed by atoms with Crippen molar-refractivity contribution in [3.05, 3.63) is 53.1 Å². The van der Waals surface area contributed by atoms with Crippen molar-refractivity contribution < 1.29 is 14.6 Å². The van der Waals surface area contributed by atoms with E-state index in [4.69, 9.17) is 4.74 Å². The standard InChI is InChI=1S/C24H36O3/c1-9-24(8,12-10-11-16(2)3)27-15-22(25)19-13-20(17(4)5)23(26)21(14-19)18(6)7/h9,11,13-14,17-18,26H,1,10,12,15H2,2-8H3. The predicted octanol–water partition coefficient (Wildman–Crippen LogP) is 6.53. The van der Waals surface area contributed by atoms with E-state index in [0.717, 1.165) is 24.0 Å². The van der Waals surface area contributed by atoms with Crippen LogP contribution < -0.4 is 0 Å². The van der Waals surface area contributed by atoms with Crippen LogP contribution in [0.2, 0.25) is 0 Å². The molecule has 0 aliphatic rings. The molecule has 0 aliphatic heterocycles. The number of carbonyl (C=O) groups excluding carboxylic acids is 1. The molecule has 1 unspecified atom stereocenters. The molecular weight excluding hydrogens is 336 g/mol. The van der Waals surface area contributed by atoms with Crippen molar-refractivity contribution in [2.45, 2.75) is 78.7 Å². The maximum atomic E-state index is 12.8. The van der Waals surface area contributed by atoms with Crippen LogP contribution >= 0.6 is 0 Å². The minimum atomic E-state index is -0.541. The van der Waals surface area contributed by atoms with Gasteiger partial charge >= 0.3 is 0 Å². The summed E-state index contributed by atoms with van der Waals surface area (Å²) in [5.74, 6) is 0.501. The zero-order valence-corrected chi connectivity index (χ0v) is 18.1. The number of phenols is 1. The van der Waals surface area contributed by atoms with Gasteiger partial charge in [0.1, 0.15) is 12.4 Å². The van der Waals surface area contributed by atoms with Crippen LogP contribution in [-0.2, 0) is 4.74 Å². The van der Waals surface area contributed by atoms with Crippen molar-refractivity contribution in [3.8, 4) is 5.75 Å². The Hall–Kier alpha value is -1.87. The van der Waals surface area contributed by atoms with Crippen LogP contribution in [0, 0.1) is 0 Å². The maximum absolute atomic E-state index is 12.8. The fourth-order valence-electron chi connectivity index (χ4n) is 2.92. The molecule has 0 aromatic heterocycles. The SMILES string of the molecule is C=CC(C)(CCC=C(C)C)OCC(=O)c1cc(C(C)C)c(O)c(C(C)C)c1. The number of allylic oxidation sites excluding steroid dienone is 2. The lowest BCUT2D eigenvalue weighted by atomic mass is 9.90. The van der Waals surface area contributed by atoms with Gasteiger partial charge in [0.15, 0.2) is 5.78 Å². The van der Waals surface area contributed by atoms with Gasteiger partial charge in [-0.05, 0) is 68.7 Å². The van der Waals surface area contributed by atoms with Gasteiger partial charge in [0.2, 0.25) is 0 Å². The van der Waals surface area contributed by atoms with Gasteiger partial charge in [0, 0.05) is 5.56 Å². The fraction of sp³-hybridized carbons (Fsp3) is 0.542. The zero-order chi connectivity index (χ0) is 20.8. The summed E-state index contributed by atoms with van der Waals surface area (Å²) >= 11 is 0. The second kappa shape index (κ2) is 9.89. The molecular formula is C24H36O3. The van der Waals surface area contributed by atoms with E-state index in [0.29, 0.717) is 11.3 Å². The molecule has 0 fully saturated rings. The fourth-order valence-corrected chi connectivity index (χ4v) is 2.92. The van der Waals surface area contributed by atoms with E-state index in [2.05, 4.69) is 26.5 Å². The molecule has 0 aliphatic carbocycles. The van der Waals surface area contributed by atoms with E-state index in [1.54, 1.807) is 18.2 Å². The number of ether oxygens (including phenoxy) is 1. The van der Waals surface area contributed by atoms with E-state index in [1.165, 1.54) is 5.57 Å². The second-order valence-electron chi connectivity index (χ2n) is 8.36. The summed E-state index contributed by atoms with van der Waals surface area (Å²) in [5, 5.41) is 10.5. The van der Waals surface area contributed by atoms with Gasteiger partial charge in [-0.2, -0.15) is 0 Å². The number of phenolic OH excluding ortho intramolecular Hbond substituents is 1. The molecule has 0 bridgehead atoms. The highest BCUT2D eigenvalue weighted by molar-refractivity contribution is 5.97. The monoisotopic (exact) mass is 372 g/mol. The quantitative estimate of drug-likeness (QED) is 0.375. The largest absolute Gasteiger partial charge is 0.507 e. The highest BCUT2D eigenvalue weighted by atomic mass is 16.5. The lowest BCUT2D eigenvalue weighted by molar-refractivity contribution is 0.00575. The lowest BCUT2D eigenvalue weighted by Gasteiger charge is -2.26. The van der Waals surface area contributed by atoms with Crippen molar-refractivity contribution in [2.75, 3.05) is 6.61 Å². The summed E-state index contributed by atoms with van der Waals surface area (Å²) in [4.78, 5) is 12.8. The van der Waals surface area contributed by atoms with Crippen LogP contribution in [0.15, 0.2) is 36.4 Å². The Kier molecular flexibility index (Phi) is 8.49. The number of ketones is 1. The van der Waals surface area contributed by atoms with Gasteiger partial charge in [0.05, 0.1) is 5.60 Å². The molecule has 0 spiro atoms. The Labute approximate surface area is 165 Å². The number of hydrogen-bond acceptors (Lipinski definition) is 3. The maximum Gasteiger partial charge on any atom is 0.188 e. The van der Waals surface area contributed by atoms with Crippen molar-refractivity contribution in [2.24, 2.45) is 0 Å². The van der Waals surface area contributed by atoms with E-state index >= 15 is 0 Å². The van der Waals surface area contributed by atoms with Gasteiger partial charge in [0.25, 0.3) is 0 Å². The first-order valence-electron chi connectivity index (χ1n) is 9.81. The van der Waals surface area contributed by atoms with Crippen LogP contribution in [0.25, 0.3) is 0 Å². The average Bonchev–Trinajstić information content (AvgIpc) is 2.59. The number of carbonyl (C=O) groups is 1. The van der Waals surface area contributed by atoms with Crippen molar-refractivity contribution >= 4 is 5.78 Å². The van der Waals surface area contributed by atoms with Crippen LogP contribution in [0.5, 0.6) is 5.75 Å². The Morgan fingerprint density at radius 1 is 1.19 bits per heavy atom. The molecule has 3 nitrogen and oxygen atoms in total. The van der Waals surface area contributed by atoms with Crippen molar-refractivity contribution in [1.29, 1.82) is 0 Å². The summed E-state index contributed by atoms with van der Waals surface area (Å²) in [7, 11) is 0. The molecule has 1 aromatic carbocycles. The molecule has 0 heterocycles. The van der Waals surface area contributed by atoms with Gasteiger partial charge in [-0.1, -0.05) is 45.4 Å². The number of hydrogen-bond donors (Lipinski definition) is 1. The minimum absolute atomic E-state index is 0.00279. The molecule has 150 valence electrons. The van der Waals surface area contributed by atoms with Crippen LogP contribution in [0.3, 0.4) is 0 Å². The lowest BCUT2D eigenvalue weighted by Crippen LogP contribution is -2.28. The molecule has 1 rings (SSSR count).